The number of hydrogen-bond donors (Lipinski definition) is 1. The van der Waals surface area contributed by atoms with E-state index >= 15 is 0 Å². The number of fused-ring (bicyclic) bond motifs is 3. The Morgan fingerprint density at radius 1 is 1.12 bits per heavy atom. The second kappa shape index (κ2) is 3.90. The number of aromatic nitrogens is 3. The van der Waals surface area contributed by atoms with E-state index in [1.807, 2.05) is 18.0 Å². The van der Waals surface area contributed by atoms with Crippen LogP contribution in [0, 0.1) is 0 Å². The van der Waals surface area contributed by atoms with Gasteiger partial charge in [-0.2, -0.15) is 11.8 Å². The molecule has 16 heavy (non-hydrogen) atoms. The Labute approximate surface area is 97.7 Å². The van der Waals surface area contributed by atoms with Crippen LogP contribution >= 0.6 is 11.8 Å². The van der Waals surface area contributed by atoms with Crippen molar-refractivity contribution in [3.05, 3.63) is 23.7 Å². The number of nitrogens with two attached hydrogens (primary N) is 1. The van der Waals surface area contributed by atoms with E-state index in [-0.39, 0.29) is 0 Å². The first-order valence-corrected chi connectivity index (χ1v) is 6.46. The van der Waals surface area contributed by atoms with E-state index in [4.69, 9.17) is 5.73 Å². The number of pyridine rings is 1. The van der Waals surface area contributed by atoms with Gasteiger partial charge in [-0.05, 0) is 35.5 Å². The fourth-order valence-corrected chi connectivity index (χ4v) is 3.03. The summed E-state index contributed by atoms with van der Waals surface area (Å²) in [6, 6.07) is 0. The number of anilines is 1. The Kier molecular flexibility index (Phi) is 2.40. The summed E-state index contributed by atoms with van der Waals surface area (Å²) >= 11 is 1.98. The lowest BCUT2D eigenvalue weighted by atomic mass is 10.0. The minimum absolute atomic E-state index is 0.557. The first kappa shape index (κ1) is 9.84. The normalized spacial score (nSPS) is 15.8. The molecule has 82 valence electrons. The molecule has 0 radical (unpaired) electrons. The van der Waals surface area contributed by atoms with Crippen molar-refractivity contribution in [2.75, 3.05) is 17.2 Å². The Morgan fingerprint density at radius 3 is 2.94 bits per heavy atom. The molecule has 2 aromatic heterocycles. The molecule has 0 aromatic carbocycles. The third-order valence-electron chi connectivity index (χ3n) is 2.90. The zero-order valence-corrected chi connectivity index (χ0v) is 9.63. The summed E-state index contributed by atoms with van der Waals surface area (Å²) in [5, 5.41) is 0.961. The standard InChI is InChI=1S/C11H12N4S/c12-10-9-8-2-4-16-3-1-7(8)5-13-11(9)15-6-14-10/h5-6H,1-4H2,(H2,12,13,14,15). The highest BCUT2D eigenvalue weighted by Gasteiger charge is 2.15. The maximum atomic E-state index is 5.93. The first-order valence-electron chi connectivity index (χ1n) is 5.31. The first-order chi connectivity index (χ1) is 7.86. The molecular formula is C11H12N4S. The molecule has 4 nitrogen and oxygen atoms in total. The van der Waals surface area contributed by atoms with Crippen LogP contribution in [0.4, 0.5) is 5.82 Å². The number of thioether (sulfide) groups is 1. The lowest BCUT2D eigenvalue weighted by Crippen LogP contribution is -2.02. The Morgan fingerprint density at radius 2 is 2.00 bits per heavy atom. The molecule has 2 N–H and O–H groups in total. The van der Waals surface area contributed by atoms with Crippen molar-refractivity contribution >= 4 is 28.6 Å². The van der Waals surface area contributed by atoms with E-state index in [1.54, 1.807) is 0 Å². The van der Waals surface area contributed by atoms with Gasteiger partial charge in [0.15, 0.2) is 5.65 Å². The van der Waals surface area contributed by atoms with Gasteiger partial charge < -0.3 is 5.73 Å². The van der Waals surface area contributed by atoms with Crippen LogP contribution in [-0.2, 0) is 12.8 Å². The Bertz CT molecular complexity index is 541. The van der Waals surface area contributed by atoms with Gasteiger partial charge in [0.25, 0.3) is 0 Å². The van der Waals surface area contributed by atoms with Gasteiger partial charge in [-0.15, -0.1) is 0 Å². The van der Waals surface area contributed by atoms with Gasteiger partial charge in [0.1, 0.15) is 12.1 Å². The van der Waals surface area contributed by atoms with Crippen molar-refractivity contribution in [1.29, 1.82) is 0 Å². The molecule has 0 unspecified atom stereocenters. The summed E-state index contributed by atoms with van der Waals surface area (Å²) in [4.78, 5) is 12.6. The highest BCUT2D eigenvalue weighted by Crippen LogP contribution is 2.27. The van der Waals surface area contributed by atoms with E-state index in [2.05, 4.69) is 15.0 Å². The molecule has 0 bridgehead atoms. The lowest BCUT2D eigenvalue weighted by Gasteiger charge is -2.09. The van der Waals surface area contributed by atoms with Gasteiger partial charge in [0.05, 0.1) is 5.39 Å². The molecule has 5 heteroatoms. The van der Waals surface area contributed by atoms with Crippen molar-refractivity contribution in [2.45, 2.75) is 12.8 Å². The monoisotopic (exact) mass is 232 g/mol. The van der Waals surface area contributed by atoms with Crippen molar-refractivity contribution < 1.29 is 0 Å². The van der Waals surface area contributed by atoms with Gasteiger partial charge in [0.2, 0.25) is 0 Å². The van der Waals surface area contributed by atoms with Crippen LogP contribution in [0.5, 0.6) is 0 Å². The third-order valence-corrected chi connectivity index (χ3v) is 3.89. The third kappa shape index (κ3) is 1.51. The van der Waals surface area contributed by atoms with Gasteiger partial charge in [-0.25, -0.2) is 15.0 Å². The van der Waals surface area contributed by atoms with Gasteiger partial charge in [-0.1, -0.05) is 0 Å². The SMILES string of the molecule is Nc1ncnc2ncc3c(c12)CCSCC3. The van der Waals surface area contributed by atoms with Crippen LogP contribution in [0.3, 0.4) is 0 Å². The predicted molar refractivity (Wildman–Crippen MR) is 66.5 cm³/mol. The quantitative estimate of drug-likeness (QED) is 0.744. The molecule has 0 fully saturated rings. The number of nitrogen functional groups attached to an aromatic ring is 1. The molecule has 0 spiro atoms. The van der Waals surface area contributed by atoms with Gasteiger partial charge in [0, 0.05) is 6.20 Å². The van der Waals surface area contributed by atoms with E-state index in [9.17, 15) is 0 Å². The molecule has 0 amide bonds. The molecule has 3 heterocycles. The summed E-state index contributed by atoms with van der Waals surface area (Å²) in [6.45, 7) is 0. The van der Waals surface area contributed by atoms with Crippen LogP contribution in [0.2, 0.25) is 0 Å². The summed E-state index contributed by atoms with van der Waals surface area (Å²) in [6.07, 6.45) is 5.52. The van der Waals surface area contributed by atoms with E-state index in [1.165, 1.54) is 17.5 Å². The molecular weight excluding hydrogens is 220 g/mol. The number of hydrogen-bond acceptors (Lipinski definition) is 5. The molecule has 0 aliphatic carbocycles. The van der Waals surface area contributed by atoms with E-state index < -0.39 is 0 Å². The maximum absolute atomic E-state index is 5.93. The molecule has 1 aliphatic heterocycles. The molecule has 2 aromatic rings. The number of rotatable bonds is 0. The fourth-order valence-electron chi connectivity index (χ4n) is 2.11. The van der Waals surface area contributed by atoms with Crippen LogP contribution in [0.25, 0.3) is 11.0 Å². The van der Waals surface area contributed by atoms with Crippen molar-refractivity contribution in [3.63, 3.8) is 0 Å². The second-order valence-corrected chi connectivity index (χ2v) is 5.06. The zero-order chi connectivity index (χ0) is 11.0. The van der Waals surface area contributed by atoms with Crippen LogP contribution in [0.1, 0.15) is 11.1 Å². The maximum Gasteiger partial charge on any atom is 0.164 e. The summed E-state index contributed by atoms with van der Waals surface area (Å²) in [5.41, 5.74) is 9.26. The van der Waals surface area contributed by atoms with Crippen LogP contribution in [0.15, 0.2) is 12.5 Å². The highest BCUT2D eigenvalue weighted by molar-refractivity contribution is 7.99. The number of nitrogens with zero attached hydrogens (tertiary/aromatic N) is 3. The van der Waals surface area contributed by atoms with Crippen LogP contribution < -0.4 is 5.73 Å². The van der Waals surface area contributed by atoms with E-state index in [0.717, 1.165) is 35.4 Å². The Balaban J connectivity index is 2.32. The zero-order valence-electron chi connectivity index (χ0n) is 8.81. The lowest BCUT2D eigenvalue weighted by molar-refractivity contribution is 1.06. The van der Waals surface area contributed by atoms with Crippen molar-refractivity contribution in [2.24, 2.45) is 0 Å². The fraction of sp³-hybridized carbons (Fsp3) is 0.364. The average Bonchev–Trinajstić information content (AvgIpc) is 2.54. The summed E-state index contributed by atoms with van der Waals surface area (Å²) < 4.78 is 0. The predicted octanol–water partition coefficient (Wildman–Crippen LogP) is 1.44. The smallest absolute Gasteiger partial charge is 0.164 e. The highest BCUT2D eigenvalue weighted by atomic mass is 32.2. The molecule has 0 saturated heterocycles. The Hall–Kier alpha value is -1.36. The molecule has 0 atom stereocenters. The number of aryl methyl sites for hydroxylation is 2. The van der Waals surface area contributed by atoms with E-state index in [0.29, 0.717) is 5.82 Å². The van der Waals surface area contributed by atoms with Gasteiger partial charge in [-0.3, -0.25) is 0 Å². The molecule has 1 aliphatic rings. The van der Waals surface area contributed by atoms with Crippen molar-refractivity contribution in [1.82, 2.24) is 15.0 Å². The van der Waals surface area contributed by atoms with Gasteiger partial charge >= 0.3 is 0 Å². The molecule has 0 saturated carbocycles. The largest absolute Gasteiger partial charge is 0.383 e. The van der Waals surface area contributed by atoms with Crippen molar-refractivity contribution in [3.8, 4) is 0 Å². The minimum Gasteiger partial charge on any atom is -0.383 e. The average molecular weight is 232 g/mol. The topological polar surface area (TPSA) is 64.7 Å². The molecule has 3 rings (SSSR count). The summed E-state index contributed by atoms with van der Waals surface area (Å²) in [7, 11) is 0. The second-order valence-electron chi connectivity index (χ2n) is 3.83. The minimum atomic E-state index is 0.557. The van der Waals surface area contributed by atoms with Crippen LogP contribution in [-0.4, -0.2) is 26.5 Å². The summed E-state index contributed by atoms with van der Waals surface area (Å²) in [5.74, 6) is 2.86.